The van der Waals surface area contributed by atoms with Gasteiger partial charge in [-0.2, -0.15) is 12.6 Å². The van der Waals surface area contributed by atoms with Gasteiger partial charge in [-0.3, -0.25) is 0 Å². The summed E-state index contributed by atoms with van der Waals surface area (Å²) in [5, 5.41) is 0. The van der Waals surface area contributed by atoms with Crippen molar-refractivity contribution in [2.75, 3.05) is 18.8 Å². The second-order valence-corrected chi connectivity index (χ2v) is 4.71. The van der Waals surface area contributed by atoms with Gasteiger partial charge in [-0.05, 0) is 37.9 Å². The number of hydrogen-bond donors (Lipinski definition) is 2. The normalized spacial score (nSPS) is 42.2. The third-order valence-electron chi connectivity index (χ3n) is 3.66. The zero-order chi connectivity index (χ0) is 8.39. The van der Waals surface area contributed by atoms with Crippen molar-refractivity contribution in [3.8, 4) is 0 Å². The van der Waals surface area contributed by atoms with Crippen molar-refractivity contribution in [1.29, 1.82) is 0 Å². The second kappa shape index (κ2) is 4.01. The summed E-state index contributed by atoms with van der Waals surface area (Å²) in [4.78, 5) is 1.89. The molecule has 2 heterocycles. The minimum absolute atomic E-state index is 0.928. The maximum absolute atomic E-state index is 4.47. The molecular formula is C10H20NS+. The molecule has 12 heavy (non-hydrogen) atoms. The summed E-state index contributed by atoms with van der Waals surface area (Å²) < 4.78 is 0. The number of rotatable bonds is 1. The average Bonchev–Trinajstić information content (AvgIpc) is 2.17. The number of hydrogen-bond acceptors (Lipinski definition) is 1. The van der Waals surface area contributed by atoms with E-state index in [1.807, 2.05) is 4.90 Å². The molecule has 0 spiro atoms. The summed E-state index contributed by atoms with van der Waals surface area (Å²) in [5.41, 5.74) is 0. The highest BCUT2D eigenvalue weighted by Crippen LogP contribution is 2.20. The van der Waals surface area contributed by atoms with Gasteiger partial charge in [0.25, 0.3) is 0 Å². The molecule has 0 amide bonds. The van der Waals surface area contributed by atoms with Gasteiger partial charge in [0.2, 0.25) is 0 Å². The first kappa shape index (κ1) is 8.89. The predicted molar refractivity (Wildman–Crippen MR) is 54.9 cm³/mol. The van der Waals surface area contributed by atoms with E-state index < -0.39 is 0 Å². The lowest BCUT2D eigenvalue weighted by atomic mass is 9.85. The van der Waals surface area contributed by atoms with Crippen LogP contribution in [0, 0.1) is 5.92 Å². The van der Waals surface area contributed by atoms with Crippen LogP contribution < -0.4 is 4.90 Å². The third kappa shape index (κ3) is 1.64. The van der Waals surface area contributed by atoms with Crippen molar-refractivity contribution in [1.82, 2.24) is 0 Å². The van der Waals surface area contributed by atoms with Crippen molar-refractivity contribution in [3.05, 3.63) is 0 Å². The molecule has 2 fully saturated rings. The molecule has 70 valence electrons. The number of fused-ring (bicyclic) bond motifs is 1. The molecule has 0 saturated carbocycles. The van der Waals surface area contributed by atoms with E-state index in [4.69, 9.17) is 0 Å². The molecule has 0 aromatic rings. The first-order valence-electron chi connectivity index (χ1n) is 5.37. The fourth-order valence-electron chi connectivity index (χ4n) is 3.00. The Bertz CT molecular complexity index is 140. The van der Waals surface area contributed by atoms with Gasteiger partial charge in [0.05, 0.1) is 19.1 Å². The van der Waals surface area contributed by atoms with Crippen molar-refractivity contribution in [2.24, 2.45) is 5.92 Å². The molecule has 0 bridgehead atoms. The Balaban J connectivity index is 1.99. The number of quaternary nitrogens is 1. The van der Waals surface area contributed by atoms with E-state index in [1.165, 1.54) is 45.2 Å². The lowest BCUT2D eigenvalue weighted by molar-refractivity contribution is -0.939. The van der Waals surface area contributed by atoms with E-state index in [2.05, 4.69) is 12.6 Å². The predicted octanol–water partition coefficient (Wildman–Crippen LogP) is 0.764. The van der Waals surface area contributed by atoms with Crippen molar-refractivity contribution in [2.45, 2.75) is 38.1 Å². The van der Waals surface area contributed by atoms with E-state index in [1.54, 1.807) is 0 Å². The van der Waals surface area contributed by atoms with Crippen LogP contribution in [0.15, 0.2) is 0 Å². The summed E-state index contributed by atoms with van der Waals surface area (Å²) in [7, 11) is 0. The van der Waals surface area contributed by atoms with E-state index in [9.17, 15) is 0 Å². The molecule has 2 aliphatic rings. The Morgan fingerprint density at radius 1 is 1.08 bits per heavy atom. The average molecular weight is 186 g/mol. The zero-order valence-electron chi connectivity index (χ0n) is 7.76. The summed E-state index contributed by atoms with van der Waals surface area (Å²) in [6.07, 6.45) is 7.29. The highest BCUT2D eigenvalue weighted by atomic mass is 32.1. The molecule has 2 saturated heterocycles. The molecular weight excluding hydrogens is 166 g/mol. The van der Waals surface area contributed by atoms with Crippen LogP contribution >= 0.6 is 12.6 Å². The SMILES string of the molecule is SC[C@H]1CCC[NH+]2CCCC[C@@H]12. The lowest BCUT2D eigenvalue weighted by Crippen LogP contribution is -3.18. The molecule has 1 N–H and O–H groups in total. The van der Waals surface area contributed by atoms with Gasteiger partial charge in [-0.1, -0.05) is 0 Å². The quantitative estimate of drug-likeness (QED) is 0.558. The molecule has 2 aliphatic heterocycles. The molecule has 1 nitrogen and oxygen atoms in total. The van der Waals surface area contributed by atoms with Crippen molar-refractivity contribution >= 4 is 12.6 Å². The second-order valence-electron chi connectivity index (χ2n) is 4.35. The van der Waals surface area contributed by atoms with Crippen LogP contribution in [0.4, 0.5) is 0 Å². The number of thiol groups is 1. The van der Waals surface area contributed by atoms with Gasteiger partial charge in [0.15, 0.2) is 0 Å². The van der Waals surface area contributed by atoms with Gasteiger partial charge in [-0.25, -0.2) is 0 Å². The Morgan fingerprint density at radius 3 is 2.75 bits per heavy atom. The van der Waals surface area contributed by atoms with Crippen LogP contribution in [0.1, 0.15) is 32.1 Å². The highest BCUT2D eigenvalue weighted by Gasteiger charge is 2.35. The maximum atomic E-state index is 4.47. The minimum Gasteiger partial charge on any atom is -0.332 e. The van der Waals surface area contributed by atoms with Gasteiger partial charge in [0.1, 0.15) is 0 Å². The van der Waals surface area contributed by atoms with Crippen molar-refractivity contribution in [3.63, 3.8) is 0 Å². The minimum atomic E-state index is 0.928. The summed E-state index contributed by atoms with van der Waals surface area (Å²) in [6.45, 7) is 2.88. The molecule has 0 aromatic carbocycles. The largest absolute Gasteiger partial charge is 0.332 e. The van der Waals surface area contributed by atoms with Crippen LogP contribution in [-0.4, -0.2) is 24.9 Å². The Morgan fingerprint density at radius 2 is 1.92 bits per heavy atom. The van der Waals surface area contributed by atoms with Gasteiger partial charge < -0.3 is 4.90 Å². The number of nitrogens with one attached hydrogen (secondary N) is 1. The lowest BCUT2D eigenvalue weighted by Gasteiger charge is -2.40. The fourth-order valence-corrected chi connectivity index (χ4v) is 3.43. The highest BCUT2D eigenvalue weighted by molar-refractivity contribution is 7.80. The van der Waals surface area contributed by atoms with Gasteiger partial charge >= 0.3 is 0 Å². The monoisotopic (exact) mass is 186 g/mol. The van der Waals surface area contributed by atoms with Crippen LogP contribution in [-0.2, 0) is 0 Å². The van der Waals surface area contributed by atoms with E-state index in [0.29, 0.717) is 0 Å². The van der Waals surface area contributed by atoms with Crippen LogP contribution in [0.3, 0.4) is 0 Å². The molecule has 2 rings (SSSR count). The number of piperidine rings is 2. The molecule has 3 atom stereocenters. The first-order chi connectivity index (χ1) is 5.92. The van der Waals surface area contributed by atoms with Gasteiger partial charge in [0, 0.05) is 5.92 Å². The van der Waals surface area contributed by atoms with Crippen LogP contribution in [0.2, 0.25) is 0 Å². The molecule has 0 radical (unpaired) electrons. The summed E-state index contributed by atoms with van der Waals surface area (Å²) >= 11 is 4.47. The first-order valence-corrected chi connectivity index (χ1v) is 6.00. The Kier molecular flexibility index (Phi) is 2.97. The molecule has 2 heteroatoms. The van der Waals surface area contributed by atoms with Crippen molar-refractivity contribution < 1.29 is 4.90 Å². The summed E-state index contributed by atoms with van der Waals surface area (Å²) in [5.74, 6) is 2.05. The standard InChI is InChI=1S/C10H19NS/c12-8-9-4-3-7-11-6-2-1-5-10(9)11/h9-10,12H,1-8H2/p+1/t9-,10+/m1/s1. The van der Waals surface area contributed by atoms with E-state index in [0.717, 1.165) is 17.7 Å². The molecule has 0 aromatic heterocycles. The molecule has 1 unspecified atom stereocenters. The third-order valence-corrected chi connectivity index (χ3v) is 4.13. The van der Waals surface area contributed by atoms with Crippen LogP contribution in [0.5, 0.6) is 0 Å². The topological polar surface area (TPSA) is 4.44 Å². The Hall–Kier alpha value is 0.310. The zero-order valence-corrected chi connectivity index (χ0v) is 8.65. The molecule has 0 aliphatic carbocycles. The maximum Gasteiger partial charge on any atom is 0.0911 e. The van der Waals surface area contributed by atoms with Crippen LogP contribution in [0.25, 0.3) is 0 Å². The van der Waals surface area contributed by atoms with E-state index >= 15 is 0 Å². The van der Waals surface area contributed by atoms with E-state index in [-0.39, 0.29) is 0 Å². The summed E-state index contributed by atoms with van der Waals surface area (Å²) in [6, 6.07) is 0.977. The van der Waals surface area contributed by atoms with Gasteiger partial charge in [-0.15, -0.1) is 0 Å². The Labute approximate surface area is 80.9 Å². The fraction of sp³-hybridized carbons (Fsp3) is 1.00. The smallest absolute Gasteiger partial charge is 0.0911 e.